The first-order valence-electron chi connectivity index (χ1n) is 6.89. The zero-order valence-corrected chi connectivity index (χ0v) is 11.4. The van der Waals surface area contributed by atoms with Crippen LogP contribution in [-0.4, -0.2) is 21.4 Å². The minimum Gasteiger partial charge on any atom is -0.357 e. The van der Waals surface area contributed by atoms with Gasteiger partial charge in [-0.3, -0.25) is 29.1 Å². The average molecular weight is 297 g/mol. The molecule has 3 aromatic rings. The van der Waals surface area contributed by atoms with Crippen LogP contribution in [0, 0.1) is 0 Å². The van der Waals surface area contributed by atoms with Gasteiger partial charge in [-0.05, 0) is 23.9 Å². The molecule has 1 aliphatic heterocycles. The number of aromatic amines is 1. The summed E-state index contributed by atoms with van der Waals surface area (Å²) in [5.74, 6) is -0.860. The summed E-state index contributed by atoms with van der Waals surface area (Å²) in [6.07, 6.45) is 2.00. The van der Waals surface area contributed by atoms with Gasteiger partial charge in [-0.15, -0.1) is 0 Å². The highest BCUT2D eigenvalue weighted by molar-refractivity contribution is 6.09. The summed E-state index contributed by atoms with van der Waals surface area (Å²) in [4.78, 5) is 50.7. The lowest BCUT2D eigenvalue weighted by atomic mass is 10.1. The van der Waals surface area contributed by atoms with Crippen LogP contribution in [0.4, 0.5) is 0 Å². The fourth-order valence-corrected chi connectivity index (χ4v) is 3.14. The number of hydrogen-bond acceptors (Lipinski definition) is 4. The number of pyridine rings is 1. The second-order valence-corrected chi connectivity index (χ2v) is 5.40. The van der Waals surface area contributed by atoms with Crippen molar-refractivity contribution in [3.8, 4) is 0 Å². The third-order valence-electron chi connectivity index (χ3n) is 4.08. The van der Waals surface area contributed by atoms with Crippen LogP contribution in [-0.2, 0) is 9.59 Å². The van der Waals surface area contributed by atoms with Crippen LogP contribution in [0.2, 0.25) is 0 Å². The molecule has 1 aliphatic rings. The normalized spacial score (nSPS) is 19.0. The molecule has 0 saturated carbocycles. The maximum absolute atomic E-state index is 12.6. The minimum absolute atomic E-state index is 0.167. The van der Waals surface area contributed by atoms with E-state index in [0.717, 1.165) is 0 Å². The van der Waals surface area contributed by atoms with Crippen molar-refractivity contribution in [2.24, 2.45) is 0 Å². The van der Waals surface area contributed by atoms with E-state index >= 15 is 0 Å². The SMILES string of the molecule is O=C1CCC(n2c(=O)c3[nH]ccc4cc(=O)cc2c43)C(=O)N1. The van der Waals surface area contributed by atoms with Crippen molar-refractivity contribution in [2.45, 2.75) is 18.9 Å². The van der Waals surface area contributed by atoms with Crippen molar-refractivity contribution >= 4 is 33.6 Å². The number of rotatable bonds is 1. The molecular formula is C15H11N3O4. The molecule has 2 amide bonds. The Morgan fingerprint density at radius 2 is 1.95 bits per heavy atom. The van der Waals surface area contributed by atoms with Crippen molar-refractivity contribution in [3.63, 3.8) is 0 Å². The maximum Gasteiger partial charge on any atom is 0.276 e. The van der Waals surface area contributed by atoms with Gasteiger partial charge < -0.3 is 4.98 Å². The Hall–Kier alpha value is -2.96. The average Bonchev–Trinajstić information content (AvgIpc) is 2.74. The minimum atomic E-state index is -0.781. The van der Waals surface area contributed by atoms with Gasteiger partial charge in [-0.2, -0.15) is 0 Å². The van der Waals surface area contributed by atoms with Crippen molar-refractivity contribution < 1.29 is 9.59 Å². The predicted molar refractivity (Wildman–Crippen MR) is 78.9 cm³/mol. The summed E-state index contributed by atoms with van der Waals surface area (Å²) in [6.45, 7) is 0. The van der Waals surface area contributed by atoms with Crippen LogP contribution in [0.25, 0.3) is 21.8 Å². The molecule has 110 valence electrons. The Morgan fingerprint density at radius 3 is 2.73 bits per heavy atom. The Labute approximate surface area is 122 Å². The van der Waals surface area contributed by atoms with E-state index in [1.807, 2.05) is 0 Å². The maximum atomic E-state index is 12.6. The Balaban J connectivity index is 2.08. The lowest BCUT2D eigenvalue weighted by Crippen LogP contribution is -2.43. The summed E-state index contributed by atoms with van der Waals surface area (Å²) < 4.78 is 1.32. The van der Waals surface area contributed by atoms with Gasteiger partial charge in [0.25, 0.3) is 5.56 Å². The molecule has 1 aromatic carbocycles. The van der Waals surface area contributed by atoms with E-state index in [1.54, 1.807) is 12.3 Å². The molecule has 0 radical (unpaired) electrons. The van der Waals surface area contributed by atoms with Crippen LogP contribution in [0.3, 0.4) is 0 Å². The molecule has 3 heterocycles. The summed E-state index contributed by atoms with van der Waals surface area (Å²) in [5, 5.41) is 3.53. The van der Waals surface area contributed by atoms with Crippen molar-refractivity contribution in [1.29, 1.82) is 0 Å². The number of nitrogens with one attached hydrogen (secondary N) is 2. The van der Waals surface area contributed by atoms with E-state index in [2.05, 4.69) is 10.3 Å². The third kappa shape index (κ3) is 1.62. The van der Waals surface area contributed by atoms with E-state index in [0.29, 0.717) is 21.8 Å². The van der Waals surface area contributed by atoms with Gasteiger partial charge in [0.2, 0.25) is 11.8 Å². The molecule has 4 rings (SSSR count). The quantitative estimate of drug-likeness (QED) is 0.629. The zero-order chi connectivity index (χ0) is 15.4. The highest BCUT2D eigenvalue weighted by atomic mass is 16.2. The lowest BCUT2D eigenvalue weighted by Gasteiger charge is -2.22. The summed E-state index contributed by atoms with van der Waals surface area (Å²) in [5.41, 5.74) is 0.193. The van der Waals surface area contributed by atoms with Crippen molar-refractivity contribution in [2.75, 3.05) is 0 Å². The fourth-order valence-electron chi connectivity index (χ4n) is 3.14. The standard InChI is InChI=1S/C15H11N3O4/c19-8-5-7-3-4-16-13-12(7)10(6-8)18(15(13)22)9-1-2-11(20)17-14(9)21/h3-6,9,16H,1-2H2,(H,17,20,21). The van der Waals surface area contributed by atoms with Gasteiger partial charge in [-0.25, -0.2) is 0 Å². The number of imide groups is 1. The molecule has 2 N–H and O–H groups in total. The number of amides is 2. The van der Waals surface area contributed by atoms with Crippen LogP contribution >= 0.6 is 0 Å². The second kappa shape index (κ2) is 4.27. The monoisotopic (exact) mass is 297 g/mol. The van der Waals surface area contributed by atoms with Gasteiger partial charge in [0.1, 0.15) is 11.6 Å². The summed E-state index contributed by atoms with van der Waals surface area (Å²) in [6, 6.07) is 3.74. The van der Waals surface area contributed by atoms with E-state index in [-0.39, 0.29) is 29.7 Å². The zero-order valence-electron chi connectivity index (χ0n) is 11.4. The largest absolute Gasteiger partial charge is 0.357 e. The highest BCUT2D eigenvalue weighted by Gasteiger charge is 2.31. The topological polar surface area (TPSA) is 101 Å². The second-order valence-electron chi connectivity index (χ2n) is 5.40. The van der Waals surface area contributed by atoms with Crippen molar-refractivity contribution in [3.05, 3.63) is 45.0 Å². The van der Waals surface area contributed by atoms with Crippen LogP contribution in [0.1, 0.15) is 18.9 Å². The van der Waals surface area contributed by atoms with E-state index < -0.39 is 11.9 Å². The molecule has 7 heteroatoms. The number of carbonyl (C=O) groups excluding carboxylic acids is 2. The van der Waals surface area contributed by atoms with Gasteiger partial charge >= 0.3 is 0 Å². The number of piperidine rings is 1. The van der Waals surface area contributed by atoms with Crippen molar-refractivity contribution in [1.82, 2.24) is 14.9 Å². The molecule has 0 spiro atoms. The first-order chi connectivity index (χ1) is 10.6. The number of aromatic nitrogens is 2. The number of carbonyl (C=O) groups is 2. The summed E-state index contributed by atoms with van der Waals surface area (Å²) in [7, 11) is 0. The number of H-pyrrole nitrogens is 1. The molecule has 1 fully saturated rings. The molecule has 1 unspecified atom stereocenters. The van der Waals surface area contributed by atoms with Gasteiger partial charge in [0, 0.05) is 24.1 Å². The Bertz CT molecular complexity index is 1050. The fraction of sp³-hybridized carbons (Fsp3) is 0.200. The number of hydrogen-bond donors (Lipinski definition) is 2. The number of benzene rings is 1. The molecule has 0 bridgehead atoms. The molecule has 2 aromatic heterocycles. The van der Waals surface area contributed by atoms with Crippen LogP contribution in [0.15, 0.2) is 34.0 Å². The predicted octanol–water partition coefficient (Wildman–Crippen LogP) is 0.258. The van der Waals surface area contributed by atoms with Crippen LogP contribution < -0.4 is 16.3 Å². The molecule has 1 atom stereocenters. The first-order valence-corrected chi connectivity index (χ1v) is 6.89. The van der Waals surface area contributed by atoms with E-state index in [1.165, 1.54) is 16.7 Å². The highest BCUT2D eigenvalue weighted by Crippen LogP contribution is 2.27. The molecule has 0 aliphatic carbocycles. The van der Waals surface area contributed by atoms with Gasteiger partial charge in [0.15, 0.2) is 5.43 Å². The Morgan fingerprint density at radius 1 is 1.14 bits per heavy atom. The third-order valence-corrected chi connectivity index (χ3v) is 4.08. The molecule has 1 saturated heterocycles. The van der Waals surface area contributed by atoms with E-state index in [9.17, 15) is 19.2 Å². The molecule has 22 heavy (non-hydrogen) atoms. The smallest absolute Gasteiger partial charge is 0.276 e. The lowest BCUT2D eigenvalue weighted by molar-refractivity contribution is -0.135. The van der Waals surface area contributed by atoms with Crippen LogP contribution in [0.5, 0.6) is 0 Å². The first kappa shape index (κ1) is 12.8. The Kier molecular flexibility index (Phi) is 2.47. The number of nitrogens with zero attached hydrogens (tertiary/aromatic N) is 1. The van der Waals surface area contributed by atoms with E-state index in [4.69, 9.17) is 0 Å². The molecule has 7 nitrogen and oxygen atoms in total. The van der Waals surface area contributed by atoms with Gasteiger partial charge in [-0.1, -0.05) is 0 Å². The summed E-state index contributed by atoms with van der Waals surface area (Å²) >= 11 is 0. The van der Waals surface area contributed by atoms with Gasteiger partial charge in [0.05, 0.1) is 5.52 Å². The molecular weight excluding hydrogens is 286 g/mol.